The first kappa shape index (κ1) is 17.4. The Kier molecular flexibility index (Phi) is 5.71. The summed E-state index contributed by atoms with van der Waals surface area (Å²) >= 11 is 0. The molecular weight excluding hydrogens is 296 g/mol. The third-order valence-corrected chi connectivity index (χ3v) is 3.77. The van der Waals surface area contributed by atoms with Crippen LogP contribution in [-0.4, -0.2) is 35.7 Å². The number of allylic oxidation sites excluding steroid dienone is 1. The highest BCUT2D eigenvalue weighted by Gasteiger charge is 2.56. The van der Waals surface area contributed by atoms with E-state index in [4.69, 9.17) is 20.6 Å². The minimum atomic E-state index is -1.16. The molecule has 23 heavy (non-hydrogen) atoms. The van der Waals surface area contributed by atoms with Crippen molar-refractivity contribution >= 4 is 5.97 Å². The molecule has 0 amide bonds. The zero-order chi connectivity index (χ0) is 16.9. The van der Waals surface area contributed by atoms with Crippen molar-refractivity contribution in [2.75, 3.05) is 6.61 Å². The molecule has 0 radical (unpaired) electrons. The smallest absolute Gasteiger partial charge is 0.306 e. The van der Waals surface area contributed by atoms with Crippen molar-refractivity contribution < 1.29 is 24.1 Å². The largest absolute Gasteiger partial charge is 0.459 e. The van der Waals surface area contributed by atoms with E-state index in [-0.39, 0.29) is 18.1 Å². The summed E-state index contributed by atoms with van der Waals surface area (Å²) in [5.41, 5.74) is 0. The molecule has 5 nitrogen and oxygen atoms in total. The molecule has 2 heterocycles. The molecule has 2 saturated heterocycles. The van der Waals surface area contributed by atoms with Crippen molar-refractivity contribution in [3.63, 3.8) is 0 Å². The quantitative estimate of drug-likeness (QED) is 0.634. The topological polar surface area (TPSA) is 65.0 Å². The maximum absolute atomic E-state index is 12.0. The molecule has 0 saturated carbocycles. The van der Waals surface area contributed by atoms with Gasteiger partial charge in [-0.15, -0.1) is 6.42 Å². The summed E-state index contributed by atoms with van der Waals surface area (Å²) in [7, 11) is 0. The lowest BCUT2D eigenvalue weighted by atomic mass is 9.98. The molecule has 3 atom stereocenters. The molecule has 0 aromatic carbocycles. The van der Waals surface area contributed by atoms with Crippen molar-refractivity contribution in [1.29, 1.82) is 0 Å². The van der Waals surface area contributed by atoms with Gasteiger partial charge in [0, 0.05) is 18.9 Å². The van der Waals surface area contributed by atoms with Crippen molar-refractivity contribution in [2.24, 2.45) is 5.92 Å². The molecule has 0 aromatic heterocycles. The number of ether oxygens (including phenoxy) is 3. The Morgan fingerprint density at radius 2 is 2.35 bits per heavy atom. The number of aliphatic hydroxyl groups is 1. The van der Waals surface area contributed by atoms with Gasteiger partial charge in [-0.25, -0.2) is 0 Å². The van der Waals surface area contributed by atoms with E-state index in [1.54, 1.807) is 0 Å². The lowest BCUT2D eigenvalue weighted by Crippen LogP contribution is -2.48. The molecule has 2 rings (SSSR count). The van der Waals surface area contributed by atoms with E-state index in [1.165, 1.54) is 6.08 Å². The van der Waals surface area contributed by atoms with Crippen molar-refractivity contribution in [3.05, 3.63) is 11.8 Å². The highest BCUT2D eigenvalue weighted by atomic mass is 16.7. The van der Waals surface area contributed by atoms with Crippen LogP contribution in [0.15, 0.2) is 11.8 Å². The molecule has 0 aromatic rings. The van der Waals surface area contributed by atoms with Crippen LogP contribution in [0, 0.1) is 30.1 Å². The summed E-state index contributed by atoms with van der Waals surface area (Å²) < 4.78 is 16.9. The number of terminal acetylenes is 1. The predicted octanol–water partition coefficient (Wildman–Crippen LogP) is 1.75. The van der Waals surface area contributed by atoms with Crippen LogP contribution in [0.3, 0.4) is 0 Å². The molecule has 2 fully saturated rings. The average molecular weight is 318 g/mol. The molecule has 0 unspecified atom stereocenters. The molecule has 1 spiro atoms. The number of hydrogen-bond acceptors (Lipinski definition) is 5. The molecule has 124 valence electrons. The Labute approximate surface area is 137 Å². The number of esters is 1. The van der Waals surface area contributed by atoms with E-state index in [0.29, 0.717) is 13.0 Å². The van der Waals surface area contributed by atoms with Gasteiger partial charge in [0.05, 0.1) is 6.61 Å². The van der Waals surface area contributed by atoms with Gasteiger partial charge in [0.1, 0.15) is 0 Å². The van der Waals surface area contributed by atoms with Crippen LogP contribution in [0.25, 0.3) is 0 Å². The SMILES string of the molecule is C#CC#C/C=C1/O[C@@]2(CCCCO2)[C@H](O)[C@H]1OC(=O)CC(C)C. The summed E-state index contributed by atoms with van der Waals surface area (Å²) in [5.74, 6) is 6.16. The second kappa shape index (κ2) is 7.55. The van der Waals surface area contributed by atoms with Crippen LogP contribution < -0.4 is 0 Å². The lowest BCUT2D eigenvalue weighted by molar-refractivity contribution is -0.258. The Balaban J connectivity index is 2.21. The number of carbonyl (C=O) groups is 1. The number of aliphatic hydroxyl groups excluding tert-OH is 1. The first-order chi connectivity index (χ1) is 11.0. The fourth-order valence-electron chi connectivity index (χ4n) is 2.71. The Morgan fingerprint density at radius 1 is 1.57 bits per heavy atom. The molecule has 1 N–H and O–H groups in total. The summed E-state index contributed by atoms with van der Waals surface area (Å²) in [4.78, 5) is 12.0. The summed E-state index contributed by atoms with van der Waals surface area (Å²) in [6.07, 6.45) is 7.09. The van der Waals surface area contributed by atoms with Crippen molar-refractivity contribution in [3.8, 4) is 24.2 Å². The van der Waals surface area contributed by atoms with Crippen LogP contribution in [0.4, 0.5) is 0 Å². The van der Waals surface area contributed by atoms with Gasteiger partial charge in [-0.2, -0.15) is 0 Å². The second-order valence-corrected chi connectivity index (χ2v) is 6.13. The molecule has 2 aliphatic heterocycles. The number of carbonyl (C=O) groups excluding carboxylic acids is 1. The van der Waals surface area contributed by atoms with Crippen LogP contribution >= 0.6 is 0 Å². The lowest BCUT2D eigenvalue weighted by Gasteiger charge is -2.34. The van der Waals surface area contributed by atoms with Crippen LogP contribution in [0.1, 0.15) is 39.5 Å². The normalized spacial score (nSPS) is 31.3. The van der Waals surface area contributed by atoms with E-state index in [1.807, 2.05) is 13.8 Å². The van der Waals surface area contributed by atoms with Gasteiger partial charge in [0.2, 0.25) is 5.79 Å². The highest BCUT2D eigenvalue weighted by Crippen LogP contribution is 2.42. The molecule has 5 heteroatoms. The third-order valence-electron chi connectivity index (χ3n) is 3.77. The van der Waals surface area contributed by atoms with Crippen LogP contribution in [0.5, 0.6) is 0 Å². The van der Waals surface area contributed by atoms with Crippen molar-refractivity contribution in [2.45, 2.75) is 57.5 Å². The molecule has 0 aliphatic carbocycles. The van der Waals surface area contributed by atoms with Gasteiger partial charge >= 0.3 is 5.97 Å². The van der Waals surface area contributed by atoms with Gasteiger partial charge in [-0.3, -0.25) is 4.79 Å². The molecular formula is C18H22O5. The average Bonchev–Trinajstić information content (AvgIpc) is 2.73. The number of rotatable bonds is 3. The van der Waals surface area contributed by atoms with Gasteiger partial charge in [-0.05, 0) is 30.6 Å². The van der Waals surface area contributed by atoms with Crippen molar-refractivity contribution in [1.82, 2.24) is 0 Å². The Bertz CT molecular complexity index is 566. The summed E-state index contributed by atoms with van der Waals surface area (Å²) in [6.45, 7) is 4.33. The predicted molar refractivity (Wildman–Crippen MR) is 83.7 cm³/mol. The standard InChI is InChI=1S/C18H22O5/c1-4-5-6-9-14-16(22-15(19)12-13(2)3)17(20)18(23-14)10-7-8-11-21-18/h1,9,13,16-17,20H,7-8,10-12H2,2-3H3/b14-9+/t16-,17+,18-/m0/s1. The van der Waals surface area contributed by atoms with Gasteiger partial charge < -0.3 is 19.3 Å². The zero-order valence-corrected chi connectivity index (χ0v) is 13.5. The summed E-state index contributed by atoms with van der Waals surface area (Å²) in [6, 6.07) is 0. The van der Waals surface area contributed by atoms with E-state index < -0.39 is 24.0 Å². The maximum Gasteiger partial charge on any atom is 0.306 e. The van der Waals surface area contributed by atoms with Gasteiger partial charge in [0.25, 0.3) is 0 Å². The van der Waals surface area contributed by atoms with E-state index in [2.05, 4.69) is 17.8 Å². The van der Waals surface area contributed by atoms with Crippen LogP contribution in [0.2, 0.25) is 0 Å². The van der Waals surface area contributed by atoms with Crippen LogP contribution in [-0.2, 0) is 19.0 Å². The first-order valence-electron chi connectivity index (χ1n) is 7.85. The fraction of sp³-hybridized carbons (Fsp3) is 0.611. The minimum Gasteiger partial charge on any atom is -0.459 e. The summed E-state index contributed by atoms with van der Waals surface area (Å²) in [5, 5.41) is 10.6. The minimum absolute atomic E-state index is 0.163. The van der Waals surface area contributed by atoms with E-state index in [9.17, 15) is 9.90 Å². The zero-order valence-electron chi connectivity index (χ0n) is 13.5. The Morgan fingerprint density at radius 3 is 2.96 bits per heavy atom. The van der Waals surface area contributed by atoms with Gasteiger partial charge in [0.15, 0.2) is 18.0 Å². The highest BCUT2D eigenvalue weighted by molar-refractivity contribution is 5.70. The maximum atomic E-state index is 12.0. The van der Waals surface area contributed by atoms with E-state index >= 15 is 0 Å². The molecule has 0 bridgehead atoms. The van der Waals surface area contributed by atoms with E-state index in [0.717, 1.165) is 12.8 Å². The third kappa shape index (κ3) is 4.07. The first-order valence-corrected chi connectivity index (χ1v) is 7.85. The fourth-order valence-corrected chi connectivity index (χ4v) is 2.71. The Hall–Kier alpha value is -1.95. The second-order valence-electron chi connectivity index (χ2n) is 6.13. The number of hydrogen-bond donors (Lipinski definition) is 1. The molecule has 2 aliphatic rings. The monoisotopic (exact) mass is 318 g/mol. The van der Waals surface area contributed by atoms with Gasteiger partial charge in [-0.1, -0.05) is 19.8 Å².